The molecule has 0 spiro atoms. The highest BCUT2D eigenvalue weighted by Crippen LogP contribution is 2.24. The number of nitrogens with zero attached hydrogens (tertiary/aromatic N) is 1. The Balaban J connectivity index is 2.23. The van der Waals surface area contributed by atoms with E-state index in [0.29, 0.717) is 0 Å². The number of rotatable bonds is 0. The highest BCUT2D eigenvalue weighted by atomic mass is 14.7. The van der Waals surface area contributed by atoms with E-state index in [-0.39, 0.29) is 0 Å². The van der Waals surface area contributed by atoms with Crippen molar-refractivity contribution in [3.63, 3.8) is 0 Å². The Morgan fingerprint density at radius 2 is 1.63 bits per heavy atom. The standard InChI is InChI=1S/C17H11BN/c1-3-12-5-2-6-15-14(16-11-19-10-9-18-16)8-7-13(4-1)17(12)15/h1-11H. The van der Waals surface area contributed by atoms with Crippen LogP contribution in [0.4, 0.5) is 0 Å². The fourth-order valence-electron chi connectivity index (χ4n) is 2.77. The summed E-state index contributed by atoms with van der Waals surface area (Å²) in [5, 5.41) is 6.47. The number of benzene rings is 3. The monoisotopic (exact) mass is 240 g/mol. The molecule has 2 heteroatoms. The van der Waals surface area contributed by atoms with Gasteiger partial charge in [-0.2, -0.15) is 0 Å². The summed E-state index contributed by atoms with van der Waals surface area (Å²) in [7, 11) is 2.11. The van der Waals surface area contributed by atoms with E-state index in [9.17, 15) is 0 Å². The van der Waals surface area contributed by atoms with Gasteiger partial charge in [-0.05, 0) is 26.8 Å². The molecule has 0 N–H and O–H groups in total. The molecule has 3 aromatic rings. The number of hydrogen-bond acceptors (Lipinski definition) is 1. The highest BCUT2D eigenvalue weighted by molar-refractivity contribution is 6.72. The zero-order chi connectivity index (χ0) is 12.7. The zero-order valence-electron chi connectivity index (χ0n) is 10.4. The van der Waals surface area contributed by atoms with Crippen molar-refractivity contribution in [1.29, 1.82) is 0 Å². The van der Waals surface area contributed by atoms with Gasteiger partial charge in [0.2, 0.25) is 0 Å². The minimum Gasteiger partial charge on any atom is -0.266 e. The normalized spacial score (nSPS) is 17.1. The average molecular weight is 240 g/mol. The largest absolute Gasteiger partial charge is 0.266 e. The SMILES string of the molecule is [B]1C=CN=CC1=c1ccc2cccc3cccc1c32. The van der Waals surface area contributed by atoms with Crippen molar-refractivity contribution in [3.05, 3.63) is 65.9 Å². The molecular formula is C17H11BN. The Hall–Kier alpha value is -2.35. The second kappa shape index (κ2) is 4.09. The maximum absolute atomic E-state index is 4.23. The van der Waals surface area contributed by atoms with Crippen LogP contribution in [0.3, 0.4) is 0 Å². The van der Waals surface area contributed by atoms with Crippen LogP contribution in [0.5, 0.6) is 0 Å². The third kappa shape index (κ3) is 1.60. The zero-order valence-corrected chi connectivity index (χ0v) is 10.4. The van der Waals surface area contributed by atoms with E-state index in [1.807, 2.05) is 18.4 Å². The van der Waals surface area contributed by atoms with Crippen LogP contribution in [0.15, 0.2) is 65.7 Å². The van der Waals surface area contributed by atoms with E-state index in [1.165, 1.54) is 32.2 Å². The number of aliphatic imine (C=N–C) groups is 1. The van der Waals surface area contributed by atoms with Gasteiger partial charge >= 0.3 is 0 Å². The molecule has 0 unspecified atom stereocenters. The fourth-order valence-corrected chi connectivity index (χ4v) is 2.77. The van der Waals surface area contributed by atoms with Crippen molar-refractivity contribution in [2.24, 2.45) is 4.99 Å². The predicted octanol–water partition coefficient (Wildman–Crippen LogP) is 3.08. The third-order valence-electron chi connectivity index (χ3n) is 3.63. The molecule has 0 saturated carbocycles. The van der Waals surface area contributed by atoms with Gasteiger partial charge in [0.1, 0.15) is 0 Å². The van der Waals surface area contributed by atoms with Gasteiger partial charge in [-0.3, -0.25) is 4.99 Å². The molecule has 1 aliphatic rings. The van der Waals surface area contributed by atoms with Gasteiger partial charge < -0.3 is 0 Å². The first-order valence-corrected chi connectivity index (χ1v) is 6.41. The first kappa shape index (κ1) is 10.6. The van der Waals surface area contributed by atoms with E-state index in [0.717, 1.165) is 0 Å². The molecular weight excluding hydrogens is 229 g/mol. The van der Waals surface area contributed by atoms with E-state index in [4.69, 9.17) is 0 Å². The summed E-state index contributed by atoms with van der Waals surface area (Å²) in [6.07, 6.45) is 3.73. The van der Waals surface area contributed by atoms with Gasteiger partial charge in [-0.25, -0.2) is 0 Å². The lowest BCUT2D eigenvalue weighted by Crippen LogP contribution is -2.13. The first-order valence-electron chi connectivity index (χ1n) is 6.41. The van der Waals surface area contributed by atoms with Crippen LogP contribution in [0, 0.1) is 0 Å². The van der Waals surface area contributed by atoms with Crippen molar-refractivity contribution < 1.29 is 0 Å². The summed E-state index contributed by atoms with van der Waals surface area (Å²) in [4.78, 5) is 4.23. The summed E-state index contributed by atoms with van der Waals surface area (Å²) in [5.41, 5.74) is 1.17. The smallest absolute Gasteiger partial charge is 0.186 e. The van der Waals surface area contributed by atoms with Gasteiger partial charge in [-0.15, -0.1) is 0 Å². The highest BCUT2D eigenvalue weighted by Gasteiger charge is 2.05. The predicted molar refractivity (Wildman–Crippen MR) is 83.5 cm³/mol. The van der Waals surface area contributed by atoms with Crippen molar-refractivity contribution in [3.8, 4) is 0 Å². The molecule has 0 atom stereocenters. The molecule has 1 radical (unpaired) electrons. The van der Waals surface area contributed by atoms with E-state index in [1.54, 1.807) is 0 Å². The summed E-state index contributed by atoms with van der Waals surface area (Å²) in [6.45, 7) is 0. The molecule has 0 aromatic heterocycles. The van der Waals surface area contributed by atoms with Crippen LogP contribution >= 0.6 is 0 Å². The van der Waals surface area contributed by atoms with Gasteiger partial charge in [-0.1, -0.05) is 60.0 Å². The maximum atomic E-state index is 4.23. The Bertz CT molecular complexity index is 867. The van der Waals surface area contributed by atoms with Crippen LogP contribution < -0.4 is 5.22 Å². The Morgan fingerprint density at radius 3 is 2.42 bits per heavy atom. The Labute approximate surface area is 112 Å². The first-order chi connectivity index (χ1) is 9.43. The van der Waals surface area contributed by atoms with Crippen molar-refractivity contribution in [1.82, 2.24) is 0 Å². The summed E-state index contributed by atoms with van der Waals surface area (Å²) in [5.74, 6) is 1.98. The van der Waals surface area contributed by atoms with Crippen molar-refractivity contribution in [2.45, 2.75) is 0 Å². The molecule has 0 saturated heterocycles. The van der Waals surface area contributed by atoms with E-state index < -0.39 is 0 Å². The van der Waals surface area contributed by atoms with Crippen molar-refractivity contribution >= 4 is 40.5 Å². The lowest BCUT2D eigenvalue weighted by molar-refractivity contribution is 1.60. The van der Waals surface area contributed by atoms with Gasteiger partial charge in [0, 0.05) is 12.4 Å². The molecule has 3 aromatic carbocycles. The minimum atomic E-state index is 1.17. The molecule has 87 valence electrons. The topological polar surface area (TPSA) is 12.4 Å². The Morgan fingerprint density at radius 1 is 0.842 bits per heavy atom. The third-order valence-corrected chi connectivity index (χ3v) is 3.63. The molecule has 19 heavy (non-hydrogen) atoms. The van der Waals surface area contributed by atoms with Crippen LogP contribution in [-0.4, -0.2) is 13.5 Å². The van der Waals surface area contributed by atoms with E-state index >= 15 is 0 Å². The van der Waals surface area contributed by atoms with Crippen LogP contribution in [0.2, 0.25) is 0 Å². The summed E-state index contributed by atoms with van der Waals surface area (Å²) in [6, 6.07) is 17.3. The average Bonchev–Trinajstić information content (AvgIpc) is 2.49. The van der Waals surface area contributed by atoms with Gasteiger partial charge in [0.05, 0.1) is 0 Å². The lowest BCUT2D eigenvalue weighted by Gasteiger charge is -2.08. The fraction of sp³-hybridized carbons (Fsp3) is 0. The quantitative estimate of drug-likeness (QED) is 0.535. The summed E-state index contributed by atoms with van der Waals surface area (Å²) >= 11 is 0. The molecule has 4 rings (SSSR count). The second-order valence-corrected chi connectivity index (χ2v) is 4.74. The second-order valence-electron chi connectivity index (χ2n) is 4.74. The summed E-state index contributed by atoms with van der Waals surface area (Å²) < 4.78 is 0. The number of hydrogen-bond donors (Lipinski definition) is 0. The molecule has 0 aliphatic carbocycles. The van der Waals surface area contributed by atoms with Crippen LogP contribution in [0.1, 0.15) is 0 Å². The maximum Gasteiger partial charge on any atom is 0.186 e. The van der Waals surface area contributed by atoms with Crippen molar-refractivity contribution in [2.75, 3.05) is 0 Å². The van der Waals surface area contributed by atoms with Crippen LogP contribution in [-0.2, 0) is 0 Å². The molecule has 0 fully saturated rings. The molecule has 0 bridgehead atoms. The van der Waals surface area contributed by atoms with E-state index in [2.05, 4.69) is 60.8 Å². The molecule has 1 heterocycles. The molecule has 1 nitrogen and oxygen atoms in total. The Kier molecular flexibility index (Phi) is 2.28. The minimum absolute atomic E-state index is 1.17. The van der Waals surface area contributed by atoms with Crippen LogP contribution in [0.25, 0.3) is 27.0 Å². The lowest BCUT2D eigenvalue weighted by atomic mass is 9.68. The molecule has 1 aliphatic heterocycles. The van der Waals surface area contributed by atoms with Gasteiger partial charge in [0.15, 0.2) is 7.28 Å². The van der Waals surface area contributed by atoms with Gasteiger partial charge in [0.25, 0.3) is 0 Å². The molecule has 0 amide bonds.